The molecule has 1 nitrogen and oxygen atoms in total. The van der Waals surface area contributed by atoms with Gasteiger partial charge >= 0.3 is 0 Å². The summed E-state index contributed by atoms with van der Waals surface area (Å²) < 4.78 is 4.49. The van der Waals surface area contributed by atoms with Gasteiger partial charge in [-0.15, -0.1) is 0 Å². The van der Waals surface area contributed by atoms with Crippen LogP contribution in [0.15, 0.2) is 40.9 Å². The number of hydrogen-bond acceptors (Lipinski definition) is 2. The molecule has 0 heterocycles. The minimum Gasteiger partial charge on any atom is -0.224 e. The Hall–Kier alpha value is -0.760. The number of rotatable bonds is 6. The van der Waals surface area contributed by atoms with Crippen molar-refractivity contribution in [3.8, 4) is 0 Å². The molecule has 90 valence electrons. The van der Waals surface area contributed by atoms with E-state index >= 15 is 0 Å². The Balaban J connectivity index is 3.96. The van der Waals surface area contributed by atoms with Crippen molar-refractivity contribution in [2.24, 2.45) is 4.40 Å². The molecule has 0 aromatic heterocycles. The maximum Gasteiger partial charge on any atom is 0.0377 e. The molecule has 0 saturated heterocycles. The van der Waals surface area contributed by atoms with Crippen LogP contribution in [0.2, 0.25) is 0 Å². The van der Waals surface area contributed by atoms with E-state index < -0.39 is 0 Å². The van der Waals surface area contributed by atoms with Crippen molar-refractivity contribution in [2.75, 3.05) is 0 Å². The quantitative estimate of drug-likeness (QED) is 0.361. The zero-order chi connectivity index (χ0) is 12.6. The van der Waals surface area contributed by atoms with Gasteiger partial charge in [0.15, 0.2) is 0 Å². The Labute approximate surface area is 105 Å². The van der Waals surface area contributed by atoms with Gasteiger partial charge in [0, 0.05) is 11.0 Å². The molecule has 0 saturated carbocycles. The predicted molar refractivity (Wildman–Crippen MR) is 78.2 cm³/mol. The van der Waals surface area contributed by atoms with Gasteiger partial charge in [0.05, 0.1) is 0 Å². The zero-order valence-electron chi connectivity index (χ0n) is 10.9. The molecule has 0 aromatic rings. The van der Waals surface area contributed by atoms with Crippen LogP contribution in [0.3, 0.4) is 0 Å². The molecule has 0 radical (unpaired) electrons. The van der Waals surface area contributed by atoms with Crippen LogP contribution < -0.4 is 0 Å². The monoisotopic (exact) mass is 237 g/mol. The van der Waals surface area contributed by atoms with E-state index in [1.807, 2.05) is 19.2 Å². The number of allylic oxidation sites excluding steroid dienone is 4. The lowest BCUT2D eigenvalue weighted by Gasteiger charge is -2.12. The molecule has 0 aliphatic rings. The fourth-order valence-corrected chi connectivity index (χ4v) is 1.51. The molecule has 0 aromatic carbocycles. The molecule has 0 aliphatic heterocycles. The summed E-state index contributed by atoms with van der Waals surface area (Å²) in [4.78, 5) is 0. The maximum absolute atomic E-state index is 4.32. The Kier molecular flexibility index (Phi) is 7.15. The fraction of sp³-hybridized carbons (Fsp3) is 0.500. The van der Waals surface area contributed by atoms with Crippen LogP contribution >= 0.6 is 11.9 Å². The van der Waals surface area contributed by atoms with Crippen LogP contribution in [0.1, 0.15) is 40.5 Å². The van der Waals surface area contributed by atoms with E-state index in [4.69, 9.17) is 0 Å². The molecule has 0 N–H and O–H groups in total. The second-order valence-electron chi connectivity index (χ2n) is 4.66. The van der Waals surface area contributed by atoms with Gasteiger partial charge in [0.2, 0.25) is 0 Å². The lowest BCUT2D eigenvalue weighted by atomic mass is 10.1. The number of hydrogen-bond donors (Lipinski definition) is 0. The van der Waals surface area contributed by atoms with Gasteiger partial charge in [-0.2, -0.15) is 0 Å². The Morgan fingerprint density at radius 1 is 1.31 bits per heavy atom. The van der Waals surface area contributed by atoms with E-state index in [1.165, 1.54) is 5.57 Å². The van der Waals surface area contributed by atoms with Crippen molar-refractivity contribution in [1.29, 1.82) is 0 Å². The van der Waals surface area contributed by atoms with E-state index in [0.717, 1.165) is 18.4 Å². The summed E-state index contributed by atoms with van der Waals surface area (Å²) in [6.07, 6.45) is 7.78. The Bertz CT molecular complexity index is 292. The number of nitrogens with zero attached hydrogens (tertiary/aromatic N) is 1. The summed E-state index contributed by atoms with van der Waals surface area (Å²) in [6.45, 7) is 16.2. The molecule has 0 bridgehead atoms. The first-order valence-electron chi connectivity index (χ1n) is 5.56. The van der Waals surface area contributed by atoms with Gasteiger partial charge in [0.25, 0.3) is 0 Å². The summed E-state index contributed by atoms with van der Waals surface area (Å²) in [7, 11) is 0. The van der Waals surface area contributed by atoms with Crippen molar-refractivity contribution in [3.05, 3.63) is 36.5 Å². The highest BCUT2D eigenvalue weighted by Gasteiger charge is 2.08. The first-order valence-corrected chi connectivity index (χ1v) is 6.33. The Morgan fingerprint density at radius 3 is 2.38 bits per heavy atom. The zero-order valence-corrected chi connectivity index (χ0v) is 11.7. The van der Waals surface area contributed by atoms with Crippen molar-refractivity contribution in [3.63, 3.8) is 0 Å². The highest BCUT2D eigenvalue weighted by atomic mass is 32.2. The van der Waals surface area contributed by atoms with Crippen molar-refractivity contribution in [2.45, 2.75) is 45.3 Å². The third-order valence-electron chi connectivity index (χ3n) is 1.93. The second-order valence-corrected chi connectivity index (χ2v) is 6.28. The van der Waals surface area contributed by atoms with Crippen LogP contribution in [0.4, 0.5) is 0 Å². The molecule has 2 heteroatoms. The maximum atomic E-state index is 4.32. The first kappa shape index (κ1) is 15.2. The molecular weight excluding hydrogens is 214 g/mol. The fourth-order valence-electron chi connectivity index (χ4n) is 0.993. The van der Waals surface area contributed by atoms with E-state index in [0.29, 0.717) is 0 Å². The standard InChI is InChI=1S/C14H23NS/c1-7-13(8-2)10-9-12(3)11-15-16-14(4,5)6/h7-8,11H,1,3,9-10H2,2,4-6H3/b13-8+,15-11+. The molecule has 0 amide bonds. The van der Waals surface area contributed by atoms with E-state index in [1.54, 1.807) is 11.9 Å². The topological polar surface area (TPSA) is 12.4 Å². The summed E-state index contributed by atoms with van der Waals surface area (Å²) in [5.74, 6) is 0. The second kappa shape index (κ2) is 7.50. The molecule has 0 rings (SSSR count). The van der Waals surface area contributed by atoms with Crippen LogP contribution in [-0.2, 0) is 0 Å². The SMILES string of the molecule is C=C/C(=C\C)CCC(=C)/C=N/SC(C)(C)C. The normalized spacial score (nSPS) is 13.1. The summed E-state index contributed by atoms with van der Waals surface area (Å²) in [5.41, 5.74) is 2.33. The molecular formula is C14H23NS. The molecule has 0 spiro atoms. The van der Waals surface area contributed by atoms with Crippen LogP contribution in [-0.4, -0.2) is 11.0 Å². The highest BCUT2D eigenvalue weighted by molar-refractivity contribution is 7.99. The van der Waals surface area contributed by atoms with Gasteiger partial charge in [-0.3, -0.25) is 0 Å². The minimum atomic E-state index is 0.173. The predicted octanol–water partition coefficient (Wildman–Crippen LogP) is 4.97. The van der Waals surface area contributed by atoms with Gasteiger partial charge in [-0.05, 0) is 58.1 Å². The lowest BCUT2D eigenvalue weighted by molar-refractivity contribution is 0.804. The summed E-state index contributed by atoms with van der Waals surface area (Å²) >= 11 is 1.58. The molecule has 0 atom stereocenters. The van der Waals surface area contributed by atoms with Crippen molar-refractivity contribution in [1.82, 2.24) is 0 Å². The van der Waals surface area contributed by atoms with Crippen LogP contribution in [0, 0.1) is 0 Å². The Morgan fingerprint density at radius 2 is 1.94 bits per heavy atom. The largest absolute Gasteiger partial charge is 0.224 e. The lowest BCUT2D eigenvalue weighted by Crippen LogP contribution is -2.05. The highest BCUT2D eigenvalue weighted by Crippen LogP contribution is 2.24. The third kappa shape index (κ3) is 8.54. The molecule has 16 heavy (non-hydrogen) atoms. The van der Waals surface area contributed by atoms with Gasteiger partial charge in [-0.1, -0.05) is 30.9 Å². The van der Waals surface area contributed by atoms with Gasteiger partial charge < -0.3 is 0 Å². The smallest absolute Gasteiger partial charge is 0.0377 e. The van der Waals surface area contributed by atoms with E-state index in [2.05, 4.69) is 44.4 Å². The van der Waals surface area contributed by atoms with Gasteiger partial charge in [0.1, 0.15) is 0 Å². The van der Waals surface area contributed by atoms with E-state index in [9.17, 15) is 0 Å². The summed E-state index contributed by atoms with van der Waals surface area (Å²) in [6, 6.07) is 0. The first-order chi connectivity index (χ1) is 7.39. The van der Waals surface area contributed by atoms with E-state index in [-0.39, 0.29) is 4.75 Å². The van der Waals surface area contributed by atoms with Gasteiger partial charge in [-0.25, -0.2) is 4.40 Å². The molecule has 0 fully saturated rings. The average molecular weight is 237 g/mol. The molecule has 0 unspecified atom stereocenters. The average Bonchev–Trinajstić information content (AvgIpc) is 2.17. The third-order valence-corrected chi connectivity index (χ3v) is 2.69. The minimum absolute atomic E-state index is 0.173. The van der Waals surface area contributed by atoms with Crippen LogP contribution in [0.25, 0.3) is 0 Å². The van der Waals surface area contributed by atoms with Crippen LogP contribution in [0.5, 0.6) is 0 Å². The van der Waals surface area contributed by atoms with Crippen molar-refractivity contribution < 1.29 is 0 Å². The van der Waals surface area contributed by atoms with Crippen molar-refractivity contribution >= 4 is 18.2 Å². The summed E-state index contributed by atoms with van der Waals surface area (Å²) in [5, 5.41) is 0. The molecule has 0 aliphatic carbocycles.